The van der Waals surface area contributed by atoms with Gasteiger partial charge in [0.1, 0.15) is 0 Å². The van der Waals surface area contributed by atoms with Gasteiger partial charge in [0.15, 0.2) is 6.61 Å². The largest absolute Gasteiger partial charge is 0.452 e. The summed E-state index contributed by atoms with van der Waals surface area (Å²) in [5.74, 6) is -1.02. The maximum atomic E-state index is 11.9. The molecule has 114 valence electrons. The number of esters is 1. The molecule has 0 saturated heterocycles. The third-order valence-corrected chi connectivity index (χ3v) is 3.83. The molecule has 0 aliphatic heterocycles. The van der Waals surface area contributed by atoms with Gasteiger partial charge < -0.3 is 10.1 Å². The van der Waals surface area contributed by atoms with E-state index in [9.17, 15) is 9.59 Å². The predicted molar refractivity (Wildman–Crippen MR) is 89.2 cm³/mol. The predicted octanol–water partition coefficient (Wildman–Crippen LogP) is 4.21. The molecule has 0 atom stereocenters. The molecule has 0 aliphatic carbocycles. The third kappa shape index (κ3) is 4.32. The van der Waals surface area contributed by atoms with E-state index in [1.165, 1.54) is 0 Å². The summed E-state index contributed by atoms with van der Waals surface area (Å²) in [6.45, 7) is 1.52. The fourth-order valence-electron chi connectivity index (χ4n) is 1.74. The van der Waals surface area contributed by atoms with Gasteiger partial charge in [0, 0.05) is 4.47 Å². The van der Waals surface area contributed by atoms with Gasteiger partial charge in [-0.05, 0) is 52.7 Å². The van der Waals surface area contributed by atoms with Crippen LogP contribution in [0.15, 0.2) is 46.9 Å². The van der Waals surface area contributed by atoms with E-state index in [0.717, 1.165) is 5.56 Å². The smallest absolute Gasteiger partial charge is 0.339 e. The van der Waals surface area contributed by atoms with Gasteiger partial charge >= 0.3 is 5.97 Å². The molecule has 22 heavy (non-hydrogen) atoms. The van der Waals surface area contributed by atoms with Crippen LogP contribution in [0.1, 0.15) is 15.9 Å². The van der Waals surface area contributed by atoms with Crippen LogP contribution in [0.4, 0.5) is 5.69 Å². The second-order valence-corrected chi connectivity index (χ2v) is 5.85. The van der Waals surface area contributed by atoms with Crippen molar-refractivity contribution in [3.05, 3.63) is 63.1 Å². The second-order valence-electron chi connectivity index (χ2n) is 4.59. The van der Waals surface area contributed by atoms with Crippen molar-refractivity contribution in [2.75, 3.05) is 11.9 Å². The van der Waals surface area contributed by atoms with Crippen LogP contribution in [-0.4, -0.2) is 18.5 Å². The standard InChI is InChI=1S/C16H13BrClNO3/c1-10-6-7-14(13(18)8-10)19-15(20)9-22-16(21)11-4-2-3-5-12(11)17/h2-8H,9H2,1H3,(H,19,20). The molecule has 6 heteroatoms. The molecule has 0 aromatic heterocycles. The van der Waals surface area contributed by atoms with E-state index in [1.54, 1.807) is 36.4 Å². The van der Waals surface area contributed by atoms with Crippen molar-refractivity contribution < 1.29 is 14.3 Å². The Morgan fingerprint density at radius 2 is 1.95 bits per heavy atom. The van der Waals surface area contributed by atoms with Gasteiger partial charge in [0.05, 0.1) is 16.3 Å². The monoisotopic (exact) mass is 381 g/mol. The average Bonchev–Trinajstić information content (AvgIpc) is 2.48. The van der Waals surface area contributed by atoms with Crippen molar-refractivity contribution >= 4 is 45.1 Å². The summed E-state index contributed by atoms with van der Waals surface area (Å²) in [7, 11) is 0. The number of carbonyl (C=O) groups is 2. The van der Waals surface area contributed by atoms with Crippen molar-refractivity contribution in [3.63, 3.8) is 0 Å². The molecule has 2 aromatic carbocycles. The first-order chi connectivity index (χ1) is 10.5. The Morgan fingerprint density at radius 3 is 2.64 bits per heavy atom. The molecule has 1 amide bonds. The number of aryl methyl sites for hydroxylation is 1. The molecule has 0 aliphatic rings. The maximum absolute atomic E-state index is 11.9. The van der Waals surface area contributed by atoms with E-state index in [0.29, 0.717) is 20.7 Å². The Kier molecular flexibility index (Phi) is 5.57. The molecule has 0 spiro atoms. The lowest BCUT2D eigenvalue weighted by molar-refractivity contribution is -0.119. The van der Waals surface area contributed by atoms with Gasteiger partial charge in [-0.3, -0.25) is 4.79 Å². The van der Waals surface area contributed by atoms with Crippen LogP contribution in [0.5, 0.6) is 0 Å². The lowest BCUT2D eigenvalue weighted by Gasteiger charge is -2.09. The Bertz CT molecular complexity index is 718. The zero-order valence-electron chi connectivity index (χ0n) is 11.7. The zero-order valence-corrected chi connectivity index (χ0v) is 14.1. The lowest BCUT2D eigenvalue weighted by Crippen LogP contribution is -2.21. The number of amides is 1. The molecule has 0 fully saturated rings. The van der Waals surface area contributed by atoms with Crippen LogP contribution in [-0.2, 0) is 9.53 Å². The fraction of sp³-hybridized carbons (Fsp3) is 0.125. The third-order valence-electron chi connectivity index (χ3n) is 2.83. The Hall–Kier alpha value is -1.85. The number of ether oxygens (including phenoxy) is 1. The second kappa shape index (κ2) is 7.42. The highest BCUT2D eigenvalue weighted by molar-refractivity contribution is 9.10. The highest BCUT2D eigenvalue weighted by atomic mass is 79.9. The van der Waals surface area contributed by atoms with E-state index in [2.05, 4.69) is 21.2 Å². The summed E-state index contributed by atoms with van der Waals surface area (Å²) in [5, 5.41) is 3.03. The number of anilines is 1. The van der Waals surface area contributed by atoms with Crippen LogP contribution in [0.2, 0.25) is 5.02 Å². The lowest BCUT2D eigenvalue weighted by atomic mass is 10.2. The molecule has 2 aromatic rings. The van der Waals surface area contributed by atoms with Gasteiger partial charge in [0.25, 0.3) is 5.91 Å². The van der Waals surface area contributed by atoms with Crippen LogP contribution >= 0.6 is 27.5 Å². The molecule has 0 unspecified atom stereocenters. The number of benzene rings is 2. The highest BCUT2D eigenvalue weighted by Gasteiger charge is 2.13. The van der Waals surface area contributed by atoms with Crippen LogP contribution in [0, 0.1) is 6.92 Å². The summed E-state index contributed by atoms with van der Waals surface area (Å²) >= 11 is 9.28. The number of rotatable bonds is 4. The zero-order chi connectivity index (χ0) is 16.1. The molecule has 0 bridgehead atoms. The minimum absolute atomic E-state index is 0.365. The highest BCUT2D eigenvalue weighted by Crippen LogP contribution is 2.22. The minimum atomic E-state index is -0.572. The summed E-state index contributed by atoms with van der Waals surface area (Å²) in [4.78, 5) is 23.7. The molecule has 4 nitrogen and oxygen atoms in total. The number of nitrogens with one attached hydrogen (secondary N) is 1. The van der Waals surface area contributed by atoms with Crippen molar-refractivity contribution in [3.8, 4) is 0 Å². The molecule has 0 saturated carbocycles. The average molecular weight is 383 g/mol. The first kappa shape index (κ1) is 16.5. The van der Waals surface area contributed by atoms with Crippen LogP contribution in [0.25, 0.3) is 0 Å². The Balaban J connectivity index is 1.93. The number of hydrogen-bond acceptors (Lipinski definition) is 3. The first-order valence-corrected chi connectivity index (χ1v) is 7.62. The Morgan fingerprint density at radius 1 is 1.23 bits per heavy atom. The maximum Gasteiger partial charge on any atom is 0.339 e. The van der Waals surface area contributed by atoms with E-state index < -0.39 is 11.9 Å². The van der Waals surface area contributed by atoms with Gasteiger partial charge in [-0.25, -0.2) is 4.79 Å². The quantitative estimate of drug-likeness (QED) is 0.806. The van der Waals surface area contributed by atoms with Crippen molar-refractivity contribution in [2.24, 2.45) is 0 Å². The molecule has 2 rings (SSSR count). The topological polar surface area (TPSA) is 55.4 Å². The Labute approximate surface area is 141 Å². The molecule has 0 radical (unpaired) electrons. The number of hydrogen-bond donors (Lipinski definition) is 1. The number of carbonyl (C=O) groups excluding carboxylic acids is 2. The van der Waals surface area contributed by atoms with E-state index in [-0.39, 0.29) is 6.61 Å². The van der Waals surface area contributed by atoms with Gasteiger partial charge in [-0.1, -0.05) is 29.8 Å². The number of halogens is 2. The summed E-state index contributed by atoms with van der Waals surface area (Å²) < 4.78 is 5.60. The fourth-order valence-corrected chi connectivity index (χ4v) is 2.47. The van der Waals surface area contributed by atoms with Gasteiger partial charge in [0.2, 0.25) is 0 Å². The minimum Gasteiger partial charge on any atom is -0.452 e. The normalized spacial score (nSPS) is 10.1. The van der Waals surface area contributed by atoms with E-state index >= 15 is 0 Å². The summed E-state index contributed by atoms with van der Waals surface area (Å²) in [6.07, 6.45) is 0. The molecule has 0 heterocycles. The molecular formula is C16H13BrClNO3. The first-order valence-electron chi connectivity index (χ1n) is 6.45. The van der Waals surface area contributed by atoms with Crippen molar-refractivity contribution in [1.82, 2.24) is 0 Å². The van der Waals surface area contributed by atoms with E-state index in [1.807, 2.05) is 13.0 Å². The van der Waals surface area contributed by atoms with Crippen molar-refractivity contribution in [2.45, 2.75) is 6.92 Å². The summed E-state index contributed by atoms with van der Waals surface area (Å²) in [6, 6.07) is 12.1. The van der Waals surface area contributed by atoms with Crippen molar-refractivity contribution in [1.29, 1.82) is 0 Å². The summed E-state index contributed by atoms with van der Waals surface area (Å²) in [5.41, 5.74) is 1.83. The van der Waals surface area contributed by atoms with E-state index in [4.69, 9.17) is 16.3 Å². The van der Waals surface area contributed by atoms with Crippen LogP contribution in [0.3, 0.4) is 0 Å². The molecule has 1 N–H and O–H groups in total. The molecular weight excluding hydrogens is 370 g/mol. The van der Waals surface area contributed by atoms with Crippen LogP contribution < -0.4 is 5.32 Å². The van der Waals surface area contributed by atoms with Gasteiger partial charge in [-0.15, -0.1) is 0 Å². The SMILES string of the molecule is Cc1ccc(NC(=O)COC(=O)c2ccccc2Br)c(Cl)c1. The van der Waals surface area contributed by atoms with Gasteiger partial charge in [-0.2, -0.15) is 0 Å².